The van der Waals surface area contributed by atoms with Crippen LogP contribution in [0.2, 0.25) is 0 Å². The molecule has 0 radical (unpaired) electrons. The van der Waals surface area contributed by atoms with E-state index in [1.807, 2.05) is 0 Å². The standard InChI is InChI=1S/C8H10ClFO2/c1-3-5(9)7(8(11)12)6(10)4-2/h4H,3H2,1-2H3,(H,11,12)/b6-4+,7-5-. The van der Waals surface area contributed by atoms with Crippen molar-refractivity contribution < 1.29 is 14.3 Å². The molecule has 0 rings (SSSR count). The molecular formula is C8H10ClFO2. The molecule has 0 aromatic rings. The molecule has 0 aliphatic heterocycles. The summed E-state index contributed by atoms with van der Waals surface area (Å²) < 4.78 is 12.8. The van der Waals surface area contributed by atoms with Crippen molar-refractivity contribution in [2.24, 2.45) is 0 Å². The maximum absolute atomic E-state index is 12.8. The van der Waals surface area contributed by atoms with Crippen LogP contribution in [0.1, 0.15) is 20.3 Å². The molecule has 0 amide bonds. The van der Waals surface area contributed by atoms with Crippen LogP contribution in [0.25, 0.3) is 0 Å². The summed E-state index contributed by atoms with van der Waals surface area (Å²) in [7, 11) is 0. The highest BCUT2D eigenvalue weighted by atomic mass is 35.5. The van der Waals surface area contributed by atoms with Crippen molar-refractivity contribution in [2.75, 3.05) is 0 Å². The Kier molecular flexibility index (Phi) is 4.59. The summed E-state index contributed by atoms with van der Waals surface area (Å²) in [4.78, 5) is 10.5. The molecule has 12 heavy (non-hydrogen) atoms. The van der Waals surface area contributed by atoms with Gasteiger partial charge in [0, 0.05) is 5.03 Å². The van der Waals surface area contributed by atoms with Gasteiger partial charge in [0.2, 0.25) is 0 Å². The highest BCUT2D eigenvalue weighted by molar-refractivity contribution is 6.32. The Morgan fingerprint density at radius 3 is 2.42 bits per heavy atom. The first kappa shape index (κ1) is 11.2. The largest absolute Gasteiger partial charge is 0.478 e. The van der Waals surface area contributed by atoms with E-state index in [4.69, 9.17) is 16.7 Å². The number of carbonyl (C=O) groups is 1. The number of rotatable bonds is 3. The lowest BCUT2D eigenvalue weighted by molar-refractivity contribution is -0.132. The van der Waals surface area contributed by atoms with Crippen molar-refractivity contribution in [1.82, 2.24) is 0 Å². The number of carboxylic acids is 1. The molecule has 4 heteroatoms. The lowest BCUT2D eigenvalue weighted by Crippen LogP contribution is -2.03. The fraction of sp³-hybridized carbons (Fsp3) is 0.375. The van der Waals surface area contributed by atoms with Gasteiger partial charge in [0.15, 0.2) is 0 Å². The molecule has 0 heterocycles. The summed E-state index contributed by atoms with van der Waals surface area (Å²) in [6.45, 7) is 3.08. The lowest BCUT2D eigenvalue weighted by Gasteiger charge is -2.00. The van der Waals surface area contributed by atoms with Crippen LogP contribution in [0.5, 0.6) is 0 Å². The molecule has 0 fully saturated rings. The Balaban J connectivity index is 5.06. The third-order valence-electron chi connectivity index (χ3n) is 1.29. The van der Waals surface area contributed by atoms with Crippen LogP contribution >= 0.6 is 11.6 Å². The first-order chi connectivity index (χ1) is 5.54. The highest BCUT2D eigenvalue weighted by Crippen LogP contribution is 2.21. The molecule has 0 aromatic carbocycles. The van der Waals surface area contributed by atoms with Gasteiger partial charge in [0.1, 0.15) is 11.4 Å². The van der Waals surface area contributed by atoms with E-state index in [9.17, 15) is 9.18 Å². The van der Waals surface area contributed by atoms with Crippen molar-refractivity contribution in [3.05, 3.63) is 22.5 Å². The average Bonchev–Trinajstić information content (AvgIpc) is 2.03. The summed E-state index contributed by atoms with van der Waals surface area (Å²) >= 11 is 5.52. The lowest BCUT2D eigenvalue weighted by atomic mass is 10.2. The monoisotopic (exact) mass is 192 g/mol. The quantitative estimate of drug-likeness (QED) is 0.552. The molecule has 0 aliphatic carbocycles. The molecule has 0 spiro atoms. The molecule has 0 unspecified atom stereocenters. The second-order valence-electron chi connectivity index (χ2n) is 2.08. The van der Waals surface area contributed by atoms with Gasteiger partial charge in [-0.15, -0.1) is 0 Å². The van der Waals surface area contributed by atoms with E-state index in [2.05, 4.69) is 0 Å². The van der Waals surface area contributed by atoms with E-state index in [0.29, 0.717) is 6.42 Å². The number of hydrogen-bond donors (Lipinski definition) is 1. The third kappa shape index (κ3) is 2.66. The second kappa shape index (κ2) is 4.93. The fourth-order valence-corrected chi connectivity index (χ4v) is 0.840. The van der Waals surface area contributed by atoms with Crippen LogP contribution in [0.3, 0.4) is 0 Å². The molecule has 68 valence electrons. The molecular weight excluding hydrogens is 183 g/mol. The first-order valence-electron chi connectivity index (χ1n) is 3.48. The van der Waals surface area contributed by atoms with Crippen LogP contribution in [0.15, 0.2) is 22.5 Å². The van der Waals surface area contributed by atoms with Gasteiger partial charge < -0.3 is 5.11 Å². The van der Waals surface area contributed by atoms with Gasteiger partial charge in [-0.1, -0.05) is 24.6 Å². The van der Waals surface area contributed by atoms with Crippen LogP contribution in [-0.4, -0.2) is 11.1 Å². The van der Waals surface area contributed by atoms with Crippen molar-refractivity contribution >= 4 is 17.6 Å². The van der Waals surface area contributed by atoms with Gasteiger partial charge in [-0.2, -0.15) is 0 Å². The van der Waals surface area contributed by atoms with E-state index >= 15 is 0 Å². The first-order valence-corrected chi connectivity index (χ1v) is 3.86. The Labute approximate surface area is 75.3 Å². The van der Waals surface area contributed by atoms with Gasteiger partial charge in [-0.25, -0.2) is 9.18 Å². The molecule has 0 aliphatic rings. The van der Waals surface area contributed by atoms with Crippen molar-refractivity contribution in [3.8, 4) is 0 Å². The van der Waals surface area contributed by atoms with E-state index in [1.54, 1.807) is 6.92 Å². The maximum Gasteiger partial charge on any atom is 0.339 e. The minimum Gasteiger partial charge on any atom is -0.478 e. The maximum atomic E-state index is 12.8. The highest BCUT2D eigenvalue weighted by Gasteiger charge is 2.16. The number of aliphatic carboxylic acids is 1. The van der Waals surface area contributed by atoms with E-state index in [0.717, 1.165) is 6.08 Å². The second-order valence-corrected chi connectivity index (χ2v) is 2.53. The Morgan fingerprint density at radius 2 is 2.17 bits per heavy atom. The van der Waals surface area contributed by atoms with Crippen LogP contribution < -0.4 is 0 Å². The van der Waals surface area contributed by atoms with Gasteiger partial charge in [0.05, 0.1) is 0 Å². The van der Waals surface area contributed by atoms with Crippen molar-refractivity contribution in [1.29, 1.82) is 0 Å². The zero-order chi connectivity index (χ0) is 9.72. The number of hydrogen-bond acceptors (Lipinski definition) is 1. The summed E-state index contributed by atoms with van der Waals surface area (Å²) in [5.41, 5.74) is -0.443. The number of carboxylic acid groups (broad SMARTS) is 1. The summed E-state index contributed by atoms with van der Waals surface area (Å²) in [6.07, 6.45) is 1.38. The molecule has 1 N–H and O–H groups in total. The number of allylic oxidation sites excluding steroid dienone is 2. The summed E-state index contributed by atoms with van der Waals surface area (Å²) in [5.74, 6) is -2.13. The van der Waals surface area contributed by atoms with Crippen LogP contribution in [0.4, 0.5) is 4.39 Å². The summed E-state index contributed by atoms with van der Waals surface area (Å²) in [6, 6.07) is 0. The van der Waals surface area contributed by atoms with Crippen molar-refractivity contribution in [2.45, 2.75) is 20.3 Å². The average molecular weight is 193 g/mol. The minimum absolute atomic E-state index is 0.0260. The molecule has 0 saturated heterocycles. The van der Waals surface area contributed by atoms with Crippen molar-refractivity contribution in [3.63, 3.8) is 0 Å². The van der Waals surface area contributed by atoms with Gasteiger partial charge in [-0.3, -0.25) is 0 Å². The van der Waals surface area contributed by atoms with Gasteiger partial charge in [-0.05, 0) is 13.3 Å². The fourth-order valence-electron chi connectivity index (χ4n) is 0.669. The zero-order valence-corrected chi connectivity index (χ0v) is 7.65. The number of halogens is 2. The Hall–Kier alpha value is -0.830. The third-order valence-corrected chi connectivity index (χ3v) is 1.74. The normalized spacial score (nSPS) is 14.2. The molecule has 0 bridgehead atoms. The minimum atomic E-state index is -1.34. The zero-order valence-electron chi connectivity index (χ0n) is 6.90. The van der Waals surface area contributed by atoms with Crippen LogP contribution in [0, 0.1) is 0 Å². The summed E-state index contributed by atoms with van der Waals surface area (Å²) in [5, 5.41) is 8.58. The predicted octanol–water partition coefficient (Wildman–Crippen LogP) is 2.85. The molecule has 0 aromatic heterocycles. The van der Waals surface area contributed by atoms with E-state index in [1.165, 1.54) is 6.92 Å². The van der Waals surface area contributed by atoms with E-state index < -0.39 is 17.4 Å². The van der Waals surface area contributed by atoms with Crippen LogP contribution in [-0.2, 0) is 4.79 Å². The van der Waals surface area contributed by atoms with Gasteiger partial charge >= 0.3 is 5.97 Å². The Morgan fingerprint density at radius 1 is 1.67 bits per heavy atom. The van der Waals surface area contributed by atoms with Gasteiger partial charge in [0.25, 0.3) is 0 Å². The predicted molar refractivity (Wildman–Crippen MR) is 45.7 cm³/mol. The molecule has 0 saturated carbocycles. The molecule has 2 nitrogen and oxygen atoms in total. The van der Waals surface area contributed by atoms with E-state index in [-0.39, 0.29) is 5.03 Å². The topological polar surface area (TPSA) is 37.3 Å². The smallest absolute Gasteiger partial charge is 0.339 e. The Bertz CT molecular complexity index is 243. The molecule has 0 atom stereocenters. The SMILES string of the molecule is C/C=C(F)\C(C(=O)O)=C(\Cl)CC.